The zero-order valence-electron chi connectivity index (χ0n) is 21.0. The normalized spacial score (nSPS) is 23.2. The SMILES string of the molecule is CN(C(=O)Cc1ccc(Cl)c(Cl)c1)[C@H](CN1CCCC1)c1cccc(NS(=O)(=O)C2CS(O)(O)CC2O)c1. The molecule has 4 N–H and O–H groups in total. The number of likely N-dealkylation sites (N-methyl/N-ethyl adjacent to an activating group) is 1. The number of nitrogens with zero attached hydrogens (tertiary/aromatic N) is 2. The lowest BCUT2D eigenvalue weighted by molar-refractivity contribution is -0.131. The van der Waals surface area contributed by atoms with E-state index in [9.17, 15) is 27.4 Å². The highest BCUT2D eigenvalue weighted by molar-refractivity contribution is 8.25. The summed E-state index contributed by atoms with van der Waals surface area (Å²) in [6.07, 6.45) is 0.920. The zero-order chi connectivity index (χ0) is 27.7. The molecule has 13 heteroatoms. The molecule has 0 aromatic heterocycles. The van der Waals surface area contributed by atoms with Gasteiger partial charge in [-0.05, 0) is 61.3 Å². The Hall–Kier alpha value is -1.57. The average Bonchev–Trinajstić information content (AvgIpc) is 3.46. The van der Waals surface area contributed by atoms with E-state index in [0.29, 0.717) is 16.6 Å². The molecule has 0 spiro atoms. The van der Waals surface area contributed by atoms with Crippen LogP contribution in [-0.2, 0) is 21.2 Å². The molecular weight excluding hydrogens is 573 g/mol. The van der Waals surface area contributed by atoms with Crippen LogP contribution < -0.4 is 4.72 Å². The van der Waals surface area contributed by atoms with Crippen molar-refractivity contribution in [1.82, 2.24) is 9.80 Å². The Morgan fingerprint density at radius 1 is 1.13 bits per heavy atom. The molecular formula is C25H33Cl2N3O6S2. The number of benzene rings is 2. The topological polar surface area (TPSA) is 130 Å². The summed E-state index contributed by atoms with van der Waals surface area (Å²) >= 11 is 12.1. The van der Waals surface area contributed by atoms with E-state index < -0.39 is 37.7 Å². The van der Waals surface area contributed by atoms with E-state index in [1.54, 1.807) is 48.3 Å². The predicted molar refractivity (Wildman–Crippen MR) is 153 cm³/mol. The van der Waals surface area contributed by atoms with Gasteiger partial charge in [0.05, 0.1) is 40.1 Å². The Morgan fingerprint density at radius 3 is 2.47 bits per heavy atom. The van der Waals surface area contributed by atoms with E-state index in [4.69, 9.17) is 23.2 Å². The number of rotatable bonds is 9. The van der Waals surface area contributed by atoms with E-state index in [2.05, 4.69) is 9.62 Å². The van der Waals surface area contributed by atoms with E-state index in [1.165, 1.54) is 0 Å². The van der Waals surface area contributed by atoms with Crippen LogP contribution in [0.5, 0.6) is 0 Å². The first-order chi connectivity index (χ1) is 17.8. The summed E-state index contributed by atoms with van der Waals surface area (Å²) in [6, 6.07) is 11.6. The Labute approximate surface area is 235 Å². The van der Waals surface area contributed by atoms with Crippen molar-refractivity contribution in [2.75, 3.05) is 42.9 Å². The van der Waals surface area contributed by atoms with Crippen molar-refractivity contribution in [2.45, 2.75) is 36.7 Å². The zero-order valence-corrected chi connectivity index (χ0v) is 24.1. The number of likely N-dealkylation sites (tertiary alicyclic amines) is 1. The van der Waals surface area contributed by atoms with Crippen molar-refractivity contribution in [2.24, 2.45) is 0 Å². The summed E-state index contributed by atoms with van der Waals surface area (Å²) in [7, 11) is -5.50. The van der Waals surface area contributed by atoms with Gasteiger partial charge in [0, 0.05) is 19.3 Å². The van der Waals surface area contributed by atoms with Gasteiger partial charge in [-0.25, -0.2) is 8.42 Å². The molecule has 2 aromatic carbocycles. The number of hydrogen-bond acceptors (Lipinski definition) is 7. The Bertz CT molecular complexity index is 1270. The number of sulfonamides is 1. The van der Waals surface area contributed by atoms with Crippen LogP contribution in [0.3, 0.4) is 0 Å². The van der Waals surface area contributed by atoms with Crippen LogP contribution in [0.4, 0.5) is 5.69 Å². The first-order valence-electron chi connectivity index (χ1n) is 12.3. The van der Waals surface area contributed by atoms with Gasteiger partial charge in [0.25, 0.3) is 0 Å². The molecule has 9 nitrogen and oxygen atoms in total. The Morgan fingerprint density at radius 2 is 1.84 bits per heavy atom. The van der Waals surface area contributed by atoms with Crippen LogP contribution in [0.2, 0.25) is 10.0 Å². The van der Waals surface area contributed by atoms with Crippen molar-refractivity contribution in [3.05, 3.63) is 63.6 Å². The number of amides is 1. The number of hydrogen-bond donors (Lipinski definition) is 4. The molecule has 2 aliphatic rings. The lowest BCUT2D eigenvalue weighted by Gasteiger charge is -2.32. The summed E-state index contributed by atoms with van der Waals surface area (Å²) in [5, 5.41) is 9.61. The number of aliphatic hydroxyl groups excluding tert-OH is 1. The van der Waals surface area contributed by atoms with Crippen LogP contribution in [-0.4, -0.2) is 87.9 Å². The summed E-state index contributed by atoms with van der Waals surface area (Å²) in [6.45, 7) is 2.43. The fraction of sp³-hybridized carbons (Fsp3) is 0.480. The smallest absolute Gasteiger partial charge is 0.239 e. The summed E-state index contributed by atoms with van der Waals surface area (Å²) in [5.41, 5.74) is 1.76. The molecule has 3 atom stereocenters. The second-order valence-electron chi connectivity index (χ2n) is 9.97. The number of carbonyl (C=O) groups excluding carboxylic acids is 1. The largest absolute Gasteiger partial charge is 0.390 e. The minimum Gasteiger partial charge on any atom is -0.390 e. The molecule has 4 rings (SSSR count). The third kappa shape index (κ3) is 7.14. The fourth-order valence-corrected chi connectivity index (χ4v) is 9.55. The van der Waals surface area contributed by atoms with Crippen molar-refractivity contribution < 1.29 is 27.4 Å². The molecule has 2 heterocycles. The van der Waals surface area contributed by atoms with Gasteiger partial charge in [0.15, 0.2) is 0 Å². The molecule has 2 saturated heterocycles. The van der Waals surface area contributed by atoms with Gasteiger partial charge < -0.3 is 14.9 Å². The maximum absolute atomic E-state index is 13.3. The van der Waals surface area contributed by atoms with E-state index in [-0.39, 0.29) is 29.8 Å². The van der Waals surface area contributed by atoms with E-state index >= 15 is 0 Å². The first kappa shape index (κ1) is 29.4. The van der Waals surface area contributed by atoms with Gasteiger partial charge in [0.1, 0.15) is 5.25 Å². The number of carbonyl (C=O) groups is 1. The van der Waals surface area contributed by atoms with Gasteiger partial charge in [0.2, 0.25) is 15.9 Å². The molecule has 2 aromatic rings. The molecule has 2 fully saturated rings. The third-order valence-corrected chi connectivity index (χ3v) is 11.6. The van der Waals surface area contributed by atoms with Crippen molar-refractivity contribution in [1.29, 1.82) is 0 Å². The number of nitrogens with one attached hydrogen (secondary N) is 1. The Kier molecular flexibility index (Phi) is 9.20. The minimum absolute atomic E-state index is 0.127. The van der Waals surface area contributed by atoms with Crippen molar-refractivity contribution >= 4 is 55.4 Å². The molecule has 2 unspecified atom stereocenters. The highest BCUT2D eigenvalue weighted by Gasteiger charge is 2.44. The van der Waals surface area contributed by atoms with Gasteiger partial charge in [-0.15, -0.1) is 0 Å². The average molecular weight is 607 g/mol. The monoisotopic (exact) mass is 605 g/mol. The van der Waals surface area contributed by atoms with Crippen LogP contribution >= 0.6 is 33.8 Å². The van der Waals surface area contributed by atoms with Crippen molar-refractivity contribution in [3.63, 3.8) is 0 Å². The van der Waals surface area contributed by atoms with Crippen molar-refractivity contribution in [3.8, 4) is 0 Å². The number of halogens is 2. The molecule has 0 bridgehead atoms. The van der Waals surface area contributed by atoms with Gasteiger partial charge >= 0.3 is 0 Å². The molecule has 0 aliphatic carbocycles. The highest BCUT2D eigenvalue weighted by Crippen LogP contribution is 2.48. The summed E-state index contributed by atoms with van der Waals surface area (Å²) in [4.78, 5) is 17.3. The second kappa shape index (κ2) is 11.9. The third-order valence-electron chi connectivity index (χ3n) is 7.06. The van der Waals surface area contributed by atoms with Crippen LogP contribution in [0.25, 0.3) is 0 Å². The van der Waals surface area contributed by atoms with Gasteiger partial charge in [-0.3, -0.25) is 18.6 Å². The van der Waals surface area contributed by atoms with E-state index in [1.807, 2.05) is 6.07 Å². The first-order valence-corrected chi connectivity index (χ1v) is 16.5. The lowest BCUT2D eigenvalue weighted by atomic mass is 10.0. The number of aliphatic hydroxyl groups is 1. The minimum atomic E-state index is -4.10. The quantitative estimate of drug-likeness (QED) is 0.339. The molecule has 210 valence electrons. The maximum atomic E-state index is 13.3. The number of anilines is 1. The lowest BCUT2D eigenvalue weighted by Crippen LogP contribution is -2.39. The van der Waals surface area contributed by atoms with E-state index in [0.717, 1.165) is 37.1 Å². The molecule has 0 saturated carbocycles. The summed E-state index contributed by atoms with van der Waals surface area (Å²) in [5.74, 6) is -0.896. The van der Waals surface area contributed by atoms with Gasteiger partial charge in [-0.1, -0.05) is 41.4 Å². The molecule has 1 amide bonds. The van der Waals surface area contributed by atoms with Crippen LogP contribution in [0.1, 0.15) is 30.0 Å². The van der Waals surface area contributed by atoms with Crippen LogP contribution in [0, 0.1) is 0 Å². The molecule has 2 aliphatic heterocycles. The Balaban J connectivity index is 1.56. The highest BCUT2D eigenvalue weighted by atomic mass is 35.5. The fourth-order valence-electron chi connectivity index (χ4n) is 4.95. The maximum Gasteiger partial charge on any atom is 0.239 e. The predicted octanol–water partition coefficient (Wildman–Crippen LogP) is 4.07. The standard InChI is InChI=1S/C25H33Cl2N3O6S2/c1-29(25(32)12-17-7-8-20(26)21(27)11-17)22(14-30-9-2-3-10-30)18-5-4-6-19(13-18)28-38(35,36)24-16-37(33,34)15-23(24)31/h4-8,11,13,22-24,28,31,33-34H,2-3,9-10,12,14-16H2,1H3/t22-,23?,24?/m1/s1. The molecule has 0 radical (unpaired) electrons. The summed E-state index contributed by atoms with van der Waals surface area (Å²) < 4.78 is 48.3. The van der Waals surface area contributed by atoms with Crippen LogP contribution in [0.15, 0.2) is 42.5 Å². The molecule has 38 heavy (non-hydrogen) atoms. The van der Waals surface area contributed by atoms with Gasteiger partial charge in [-0.2, -0.15) is 10.6 Å². The second-order valence-corrected chi connectivity index (χ2v) is 15.0.